The van der Waals surface area contributed by atoms with Gasteiger partial charge in [-0.2, -0.15) is 0 Å². The van der Waals surface area contributed by atoms with Crippen molar-refractivity contribution in [2.45, 2.75) is 13.3 Å². The molecule has 1 aliphatic heterocycles. The molecular formula is C9H9NO3. The molecular weight excluding hydrogens is 170 g/mol. The van der Waals surface area contributed by atoms with Gasteiger partial charge in [-0.3, -0.25) is 0 Å². The summed E-state index contributed by atoms with van der Waals surface area (Å²) in [4.78, 5) is 15.0. The van der Waals surface area contributed by atoms with Gasteiger partial charge in [0, 0.05) is 12.1 Å². The number of aromatic hydroxyl groups is 1. The molecule has 0 aromatic carbocycles. The van der Waals surface area contributed by atoms with E-state index in [1.54, 1.807) is 13.0 Å². The van der Waals surface area contributed by atoms with Gasteiger partial charge in [0.05, 0.1) is 6.61 Å². The third-order valence-electron chi connectivity index (χ3n) is 2.02. The summed E-state index contributed by atoms with van der Waals surface area (Å²) in [5, 5.41) is 9.40. The van der Waals surface area contributed by atoms with E-state index in [0.717, 1.165) is 5.56 Å². The third kappa shape index (κ3) is 1.24. The molecule has 0 amide bonds. The van der Waals surface area contributed by atoms with Crippen molar-refractivity contribution in [3.05, 3.63) is 22.9 Å². The molecule has 0 bridgehead atoms. The molecule has 0 saturated carbocycles. The highest BCUT2D eigenvalue weighted by Gasteiger charge is 2.23. The van der Waals surface area contributed by atoms with Crippen LogP contribution in [0.4, 0.5) is 0 Å². The molecule has 2 rings (SSSR count). The number of pyridine rings is 1. The Labute approximate surface area is 75.2 Å². The van der Waals surface area contributed by atoms with Crippen molar-refractivity contribution in [2.75, 3.05) is 6.61 Å². The maximum Gasteiger partial charge on any atom is 0.343 e. The lowest BCUT2D eigenvalue weighted by atomic mass is 10.0. The first kappa shape index (κ1) is 8.04. The summed E-state index contributed by atoms with van der Waals surface area (Å²) < 4.78 is 4.79. The molecule has 2 heterocycles. The smallest absolute Gasteiger partial charge is 0.343 e. The predicted molar refractivity (Wildman–Crippen MR) is 44.6 cm³/mol. The second-order valence-electron chi connectivity index (χ2n) is 3.01. The van der Waals surface area contributed by atoms with Crippen LogP contribution in [0.15, 0.2) is 6.07 Å². The molecule has 1 aromatic heterocycles. The lowest BCUT2D eigenvalue weighted by Crippen LogP contribution is -2.18. The standard InChI is InChI=1S/C9H9NO3/c1-5-4-6-2-3-13-9(12)7(6)8(11)10-5/h4H,2-3H2,1H3,(H,10,11). The zero-order chi connectivity index (χ0) is 9.42. The average molecular weight is 179 g/mol. The van der Waals surface area contributed by atoms with E-state index in [2.05, 4.69) is 4.98 Å². The molecule has 13 heavy (non-hydrogen) atoms. The second-order valence-corrected chi connectivity index (χ2v) is 3.01. The maximum absolute atomic E-state index is 11.2. The van der Waals surface area contributed by atoms with E-state index in [0.29, 0.717) is 18.7 Å². The summed E-state index contributed by atoms with van der Waals surface area (Å²) in [7, 11) is 0. The molecule has 0 saturated heterocycles. The highest BCUT2D eigenvalue weighted by atomic mass is 16.5. The number of fused-ring (bicyclic) bond motifs is 1. The van der Waals surface area contributed by atoms with Crippen LogP contribution in [-0.4, -0.2) is 22.7 Å². The highest BCUT2D eigenvalue weighted by Crippen LogP contribution is 2.24. The van der Waals surface area contributed by atoms with E-state index in [1.165, 1.54) is 0 Å². The zero-order valence-corrected chi connectivity index (χ0v) is 7.20. The fourth-order valence-electron chi connectivity index (χ4n) is 1.47. The molecule has 0 unspecified atom stereocenters. The number of nitrogens with zero attached hydrogens (tertiary/aromatic N) is 1. The van der Waals surface area contributed by atoms with Gasteiger partial charge in [-0.05, 0) is 18.6 Å². The lowest BCUT2D eigenvalue weighted by molar-refractivity contribution is 0.0475. The Hall–Kier alpha value is -1.58. The largest absolute Gasteiger partial charge is 0.493 e. The first-order valence-electron chi connectivity index (χ1n) is 4.05. The van der Waals surface area contributed by atoms with Gasteiger partial charge in [0.2, 0.25) is 5.88 Å². The van der Waals surface area contributed by atoms with Crippen LogP contribution < -0.4 is 0 Å². The molecule has 0 spiro atoms. The van der Waals surface area contributed by atoms with Crippen LogP contribution >= 0.6 is 0 Å². The summed E-state index contributed by atoms with van der Waals surface area (Å²) in [5.41, 5.74) is 1.75. The van der Waals surface area contributed by atoms with Crippen LogP contribution in [0.1, 0.15) is 21.6 Å². The molecule has 1 N–H and O–H groups in total. The number of aromatic nitrogens is 1. The van der Waals surface area contributed by atoms with Crippen LogP contribution in [0.3, 0.4) is 0 Å². The van der Waals surface area contributed by atoms with Gasteiger partial charge in [-0.25, -0.2) is 9.78 Å². The molecule has 1 aliphatic rings. The number of ether oxygens (including phenoxy) is 1. The summed E-state index contributed by atoms with van der Waals surface area (Å²) in [6, 6.07) is 1.80. The number of rotatable bonds is 0. The Morgan fingerprint density at radius 3 is 3.15 bits per heavy atom. The quantitative estimate of drug-likeness (QED) is 0.598. The predicted octanol–water partition coefficient (Wildman–Crippen LogP) is 0.809. The molecule has 0 radical (unpaired) electrons. The normalized spacial score (nSPS) is 15.0. The summed E-state index contributed by atoms with van der Waals surface area (Å²) >= 11 is 0. The van der Waals surface area contributed by atoms with Crippen LogP contribution in [0.2, 0.25) is 0 Å². The molecule has 0 atom stereocenters. The van der Waals surface area contributed by atoms with Crippen LogP contribution in [0, 0.1) is 6.92 Å². The van der Waals surface area contributed by atoms with Crippen molar-refractivity contribution >= 4 is 5.97 Å². The Balaban J connectivity index is 2.63. The van der Waals surface area contributed by atoms with Crippen molar-refractivity contribution in [3.63, 3.8) is 0 Å². The van der Waals surface area contributed by atoms with E-state index in [-0.39, 0.29) is 11.4 Å². The number of hydrogen-bond donors (Lipinski definition) is 1. The summed E-state index contributed by atoms with van der Waals surface area (Å²) in [6.45, 7) is 2.16. The summed E-state index contributed by atoms with van der Waals surface area (Å²) in [5.74, 6) is -0.703. The van der Waals surface area contributed by atoms with Gasteiger partial charge in [0.25, 0.3) is 0 Å². The van der Waals surface area contributed by atoms with Crippen molar-refractivity contribution in [2.24, 2.45) is 0 Å². The summed E-state index contributed by atoms with van der Waals surface area (Å²) in [6.07, 6.45) is 0.651. The molecule has 4 nitrogen and oxygen atoms in total. The van der Waals surface area contributed by atoms with E-state index in [4.69, 9.17) is 4.74 Å². The fourth-order valence-corrected chi connectivity index (χ4v) is 1.47. The SMILES string of the molecule is Cc1cc2c(c(O)n1)C(=O)OCC2. The molecule has 0 fully saturated rings. The molecule has 0 aliphatic carbocycles. The molecule has 68 valence electrons. The van der Waals surface area contributed by atoms with E-state index in [9.17, 15) is 9.90 Å². The van der Waals surface area contributed by atoms with Crippen molar-refractivity contribution in [1.82, 2.24) is 4.98 Å². The lowest BCUT2D eigenvalue weighted by Gasteiger charge is -2.16. The number of esters is 1. The minimum Gasteiger partial charge on any atom is -0.493 e. The average Bonchev–Trinajstić information content (AvgIpc) is 2.02. The van der Waals surface area contributed by atoms with E-state index < -0.39 is 5.97 Å². The van der Waals surface area contributed by atoms with Gasteiger partial charge in [0.1, 0.15) is 5.56 Å². The third-order valence-corrected chi connectivity index (χ3v) is 2.02. The molecule has 1 aromatic rings. The van der Waals surface area contributed by atoms with Gasteiger partial charge in [-0.15, -0.1) is 0 Å². The first-order valence-corrected chi connectivity index (χ1v) is 4.05. The van der Waals surface area contributed by atoms with E-state index >= 15 is 0 Å². The Bertz CT molecular complexity index is 373. The first-order chi connectivity index (χ1) is 6.18. The Kier molecular flexibility index (Phi) is 1.69. The second kappa shape index (κ2) is 2.73. The van der Waals surface area contributed by atoms with Gasteiger partial charge < -0.3 is 9.84 Å². The van der Waals surface area contributed by atoms with Gasteiger partial charge in [0.15, 0.2) is 0 Å². The Morgan fingerprint density at radius 1 is 1.62 bits per heavy atom. The fraction of sp³-hybridized carbons (Fsp3) is 0.333. The van der Waals surface area contributed by atoms with Crippen molar-refractivity contribution in [1.29, 1.82) is 0 Å². The number of aryl methyl sites for hydroxylation is 1. The minimum absolute atomic E-state index is 0.219. The highest BCUT2D eigenvalue weighted by molar-refractivity contribution is 5.94. The van der Waals surface area contributed by atoms with Crippen LogP contribution in [0.25, 0.3) is 0 Å². The van der Waals surface area contributed by atoms with Crippen molar-refractivity contribution < 1.29 is 14.6 Å². The van der Waals surface area contributed by atoms with E-state index in [1.807, 2.05) is 0 Å². The maximum atomic E-state index is 11.2. The number of carbonyl (C=O) groups is 1. The Morgan fingerprint density at radius 2 is 2.38 bits per heavy atom. The van der Waals surface area contributed by atoms with Crippen LogP contribution in [-0.2, 0) is 11.2 Å². The van der Waals surface area contributed by atoms with Crippen LogP contribution in [0.5, 0.6) is 5.88 Å². The number of cyclic esters (lactones) is 1. The van der Waals surface area contributed by atoms with Gasteiger partial charge in [-0.1, -0.05) is 0 Å². The minimum atomic E-state index is -0.480. The number of carbonyl (C=O) groups excluding carboxylic acids is 1. The molecule has 4 heteroatoms. The van der Waals surface area contributed by atoms with Crippen molar-refractivity contribution in [3.8, 4) is 5.88 Å². The topological polar surface area (TPSA) is 59.4 Å². The number of hydrogen-bond acceptors (Lipinski definition) is 4. The van der Waals surface area contributed by atoms with Gasteiger partial charge >= 0.3 is 5.97 Å². The zero-order valence-electron chi connectivity index (χ0n) is 7.20. The monoisotopic (exact) mass is 179 g/mol.